The third-order valence-electron chi connectivity index (χ3n) is 4.11. The first-order valence-electron chi connectivity index (χ1n) is 7.33. The first-order chi connectivity index (χ1) is 9.16. The lowest BCUT2D eigenvalue weighted by atomic mass is 9.86. The van der Waals surface area contributed by atoms with E-state index in [0.29, 0.717) is 18.5 Å². The predicted molar refractivity (Wildman–Crippen MR) is 73.5 cm³/mol. The van der Waals surface area contributed by atoms with E-state index in [1.807, 2.05) is 17.4 Å². The maximum absolute atomic E-state index is 12.0. The molecule has 3 N–H and O–H groups in total. The van der Waals surface area contributed by atoms with Crippen molar-refractivity contribution in [2.75, 3.05) is 6.54 Å². The van der Waals surface area contributed by atoms with Crippen molar-refractivity contribution in [3.05, 3.63) is 24.2 Å². The monoisotopic (exact) mass is 265 g/mol. The van der Waals surface area contributed by atoms with Crippen molar-refractivity contribution in [1.82, 2.24) is 5.32 Å². The van der Waals surface area contributed by atoms with Gasteiger partial charge >= 0.3 is 0 Å². The number of carbonyl (C=O) groups excluding carboxylic acids is 1. The van der Waals surface area contributed by atoms with Crippen LogP contribution in [0.4, 0.5) is 0 Å². The van der Waals surface area contributed by atoms with Crippen LogP contribution in [0.3, 0.4) is 0 Å². The smallest absolute Gasteiger partial charge is 0.275 e. The van der Waals surface area contributed by atoms with Crippen molar-refractivity contribution in [3.8, 4) is 0 Å². The quantitative estimate of drug-likeness (QED) is 0.849. The van der Waals surface area contributed by atoms with Crippen LogP contribution < -0.4 is 10.6 Å². The van der Waals surface area contributed by atoms with Gasteiger partial charge in [-0.3, -0.25) is 4.79 Å². The van der Waals surface area contributed by atoms with Crippen molar-refractivity contribution < 1.29 is 14.5 Å². The first-order valence-corrected chi connectivity index (χ1v) is 7.33. The fourth-order valence-corrected chi connectivity index (χ4v) is 2.75. The van der Waals surface area contributed by atoms with Gasteiger partial charge in [0.2, 0.25) is 0 Å². The van der Waals surface area contributed by atoms with Crippen LogP contribution in [0.25, 0.3) is 0 Å². The number of nitrogens with two attached hydrogens (primary N) is 1. The molecule has 0 spiro atoms. The highest BCUT2D eigenvalue weighted by Gasteiger charge is 2.23. The average molecular weight is 265 g/mol. The Kier molecular flexibility index (Phi) is 5.02. The Hall–Kier alpha value is -1.29. The van der Waals surface area contributed by atoms with Crippen LogP contribution in [0.5, 0.6) is 0 Å². The van der Waals surface area contributed by atoms with Crippen LogP contribution in [-0.2, 0) is 4.79 Å². The molecule has 0 aromatic carbocycles. The summed E-state index contributed by atoms with van der Waals surface area (Å²) in [6.45, 7) is 4.75. The highest BCUT2D eigenvalue weighted by Crippen LogP contribution is 2.23. The molecule has 0 bridgehead atoms. The van der Waals surface area contributed by atoms with Crippen molar-refractivity contribution in [2.24, 2.45) is 5.92 Å². The number of quaternary nitrogens is 1. The van der Waals surface area contributed by atoms with Gasteiger partial charge in [-0.15, -0.1) is 0 Å². The minimum absolute atomic E-state index is 0.136. The number of rotatable bonds is 5. The van der Waals surface area contributed by atoms with Crippen molar-refractivity contribution in [3.63, 3.8) is 0 Å². The van der Waals surface area contributed by atoms with Gasteiger partial charge in [0.15, 0.2) is 12.3 Å². The summed E-state index contributed by atoms with van der Waals surface area (Å²) in [6, 6.07) is 4.38. The molecule has 1 aliphatic rings. The molecular formula is C15H25N2O2+. The molecule has 0 unspecified atom stereocenters. The zero-order valence-electron chi connectivity index (χ0n) is 11.9. The third-order valence-corrected chi connectivity index (χ3v) is 4.11. The van der Waals surface area contributed by atoms with E-state index in [4.69, 9.17) is 4.42 Å². The second-order valence-electron chi connectivity index (χ2n) is 5.68. The van der Waals surface area contributed by atoms with Gasteiger partial charge in [-0.05, 0) is 37.8 Å². The van der Waals surface area contributed by atoms with Crippen molar-refractivity contribution in [2.45, 2.75) is 51.6 Å². The number of furan rings is 1. The number of amides is 1. The average Bonchev–Trinajstić information content (AvgIpc) is 2.93. The van der Waals surface area contributed by atoms with Crippen LogP contribution in [0.15, 0.2) is 22.8 Å². The second-order valence-corrected chi connectivity index (χ2v) is 5.68. The molecule has 1 aliphatic carbocycles. The lowest BCUT2D eigenvalue weighted by Gasteiger charge is -2.29. The molecule has 1 saturated carbocycles. The molecule has 1 fully saturated rings. The van der Waals surface area contributed by atoms with Crippen molar-refractivity contribution in [1.29, 1.82) is 0 Å². The predicted octanol–water partition coefficient (Wildman–Crippen LogP) is 1.60. The fraction of sp³-hybridized carbons (Fsp3) is 0.667. The summed E-state index contributed by atoms with van der Waals surface area (Å²) in [5.41, 5.74) is 0. The molecule has 106 valence electrons. The lowest BCUT2D eigenvalue weighted by Crippen LogP contribution is -2.87. The maximum atomic E-state index is 12.0. The van der Waals surface area contributed by atoms with Gasteiger partial charge in [-0.1, -0.05) is 19.8 Å². The largest absolute Gasteiger partial charge is 0.463 e. The minimum atomic E-state index is 0.136. The Morgan fingerprint density at radius 3 is 3.00 bits per heavy atom. The first kappa shape index (κ1) is 14.1. The SMILES string of the molecule is C[C@H]([NH2+]CC(=O)N[C@@H]1CCCC[C@@H]1C)c1ccco1. The van der Waals surface area contributed by atoms with E-state index >= 15 is 0 Å². The Morgan fingerprint density at radius 1 is 1.53 bits per heavy atom. The normalized spacial score (nSPS) is 24.9. The summed E-state index contributed by atoms with van der Waals surface area (Å²) in [7, 11) is 0. The highest BCUT2D eigenvalue weighted by atomic mass is 16.3. The molecule has 0 saturated heterocycles. The molecule has 1 aromatic heterocycles. The van der Waals surface area contributed by atoms with Crippen molar-refractivity contribution >= 4 is 5.91 Å². The minimum Gasteiger partial charge on any atom is -0.463 e. The van der Waals surface area contributed by atoms with Gasteiger partial charge in [0, 0.05) is 6.04 Å². The summed E-state index contributed by atoms with van der Waals surface area (Å²) in [6.07, 6.45) is 6.57. The molecule has 19 heavy (non-hydrogen) atoms. The lowest BCUT2D eigenvalue weighted by molar-refractivity contribution is -0.684. The topological polar surface area (TPSA) is 58.9 Å². The van der Waals surface area contributed by atoms with E-state index in [9.17, 15) is 4.79 Å². The Balaban J connectivity index is 1.72. The van der Waals surface area contributed by atoms with E-state index in [1.165, 1.54) is 19.3 Å². The summed E-state index contributed by atoms with van der Waals surface area (Å²) < 4.78 is 5.33. The van der Waals surface area contributed by atoms with Crippen LogP contribution in [0.2, 0.25) is 0 Å². The zero-order chi connectivity index (χ0) is 13.7. The fourth-order valence-electron chi connectivity index (χ4n) is 2.75. The van der Waals surface area contributed by atoms with E-state index in [0.717, 1.165) is 12.2 Å². The summed E-state index contributed by atoms with van der Waals surface area (Å²) in [4.78, 5) is 12.0. The van der Waals surface area contributed by atoms with Gasteiger partial charge in [0.1, 0.15) is 6.04 Å². The van der Waals surface area contributed by atoms with E-state index in [2.05, 4.69) is 19.2 Å². The Labute approximate surface area is 114 Å². The number of carbonyl (C=O) groups is 1. The Bertz CT molecular complexity index is 389. The molecule has 1 aromatic rings. The van der Waals surface area contributed by atoms with Crippen LogP contribution in [0, 0.1) is 5.92 Å². The zero-order valence-corrected chi connectivity index (χ0v) is 11.9. The Morgan fingerprint density at radius 2 is 2.32 bits per heavy atom. The van der Waals surface area contributed by atoms with E-state index < -0.39 is 0 Å². The molecule has 0 radical (unpaired) electrons. The maximum Gasteiger partial charge on any atom is 0.275 e. The second kappa shape index (κ2) is 6.75. The standard InChI is InChI=1S/C15H24N2O2/c1-11-6-3-4-7-13(11)17-15(18)10-16-12(2)14-8-5-9-19-14/h5,8-9,11-13,16H,3-4,6-7,10H2,1-2H3,(H,17,18)/p+1/t11-,12-,13+/m0/s1. The molecule has 4 heteroatoms. The number of hydrogen-bond acceptors (Lipinski definition) is 2. The third kappa shape index (κ3) is 4.10. The number of nitrogens with one attached hydrogen (secondary N) is 1. The van der Waals surface area contributed by atoms with Gasteiger partial charge in [-0.2, -0.15) is 0 Å². The van der Waals surface area contributed by atoms with Crippen LogP contribution >= 0.6 is 0 Å². The van der Waals surface area contributed by atoms with E-state index in [-0.39, 0.29) is 11.9 Å². The molecule has 0 aliphatic heterocycles. The molecule has 1 heterocycles. The molecular weight excluding hydrogens is 240 g/mol. The molecule has 1 amide bonds. The molecule has 2 rings (SSSR count). The van der Waals surface area contributed by atoms with Gasteiger partial charge < -0.3 is 15.1 Å². The van der Waals surface area contributed by atoms with Gasteiger partial charge in [0.25, 0.3) is 5.91 Å². The summed E-state index contributed by atoms with van der Waals surface area (Å²) in [5, 5.41) is 5.18. The van der Waals surface area contributed by atoms with Crippen LogP contribution in [0.1, 0.15) is 51.3 Å². The van der Waals surface area contributed by atoms with Gasteiger partial charge in [0.05, 0.1) is 6.26 Å². The highest BCUT2D eigenvalue weighted by molar-refractivity contribution is 5.77. The summed E-state index contributed by atoms with van der Waals surface area (Å²) >= 11 is 0. The van der Waals surface area contributed by atoms with E-state index in [1.54, 1.807) is 6.26 Å². The van der Waals surface area contributed by atoms with Crippen LogP contribution in [-0.4, -0.2) is 18.5 Å². The molecule has 3 atom stereocenters. The molecule has 4 nitrogen and oxygen atoms in total. The number of hydrogen-bond donors (Lipinski definition) is 2. The summed E-state index contributed by atoms with van der Waals surface area (Å²) in [5.74, 6) is 1.66. The van der Waals surface area contributed by atoms with Gasteiger partial charge in [-0.25, -0.2) is 0 Å².